The normalized spacial score (nSPS) is 18.8. The Balaban J connectivity index is 0.00000288. The lowest BCUT2D eigenvalue weighted by molar-refractivity contribution is 0.210. The fraction of sp³-hybridized carbons (Fsp3) is 0.588. The van der Waals surface area contributed by atoms with Gasteiger partial charge in [-0.15, -0.1) is 24.0 Å². The molecule has 1 aliphatic heterocycles. The molecule has 0 spiro atoms. The molecule has 0 saturated carbocycles. The average molecular weight is 452 g/mol. The second-order valence-electron chi connectivity index (χ2n) is 6.08. The van der Waals surface area contributed by atoms with Gasteiger partial charge in [0.15, 0.2) is 5.96 Å². The minimum atomic E-state index is -0.445. The number of hydrogen-bond acceptors (Lipinski definition) is 2. The smallest absolute Gasteiger partial charge is 0.191 e. The molecule has 1 saturated heterocycles. The molecule has 0 aliphatic carbocycles. The Morgan fingerprint density at radius 2 is 2.12 bits per heavy atom. The molecule has 1 atom stereocenters. The Hall–Kier alpha value is -0.960. The summed E-state index contributed by atoms with van der Waals surface area (Å²) in [6.45, 7) is 5.89. The first-order chi connectivity index (χ1) is 11.1. The highest BCUT2D eigenvalue weighted by atomic mass is 127. The Morgan fingerprint density at radius 3 is 2.83 bits per heavy atom. The number of guanidine groups is 1. The van der Waals surface area contributed by atoms with Gasteiger partial charge in [0.25, 0.3) is 0 Å². The maximum atomic E-state index is 13.6. The first-order valence-corrected chi connectivity index (χ1v) is 8.23. The highest BCUT2D eigenvalue weighted by Crippen LogP contribution is 2.14. The van der Waals surface area contributed by atoms with Crippen molar-refractivity contribution in [1.29, 1.82) is 0 Å². The number of likely N-dealkylation sites (tertiary alicyclic amines) is 1. The third kappa shape index (κ3) is 6.88. The van der Waals surface area contributed by atoms with Crippen LogP contribution in [0.25, 0.3) is 0 Å². The van der Waals surface area contributed by atoms with E-state index in [1.165, 1.54) is 18.9 Å². The standard InChI is InChI=1S/C17H26F2N4.HI/c1-3-20-17(21-10-13-5-4-8-23(2)12-13)22-11-14-9-15(18)6-7-16(14)19;/h6-7,9,13H,3-5,8,10-12H2,1-2H3,(H2,20,21,22);1H. The molecule has 2 N–H and O–H groups in total. The number of nitrogens with zero attached hydrogens (tertiary/aromatic N) is 2. The van der Waals surface area contributed by atoms with Crippen molar-refractivity contribution in [3.8, 4) is 0 Å². The molecule has 0 amide bonds. The largest absolute Gasteiger partial charge is 0.357 e. The fourth-order valence-electron chi connectivity index (χ4n) is 2.85. The van der Waals surface area contributed by atoms with Crippen LogP contribution in [0.15, 0.2) is 23.2 Å². The van der Waals surface area contributed by atoms with Crippen molar-refractivity contribution in [1.82, 2.24) is 15.5 Å². The zero-order chi connectivity index (χ0) is 16.7. The second-order valence-corrected chi connectivity index (χ2v) is 6.08. The van der Waals surface area contributed by atoms with Crippen molar-refractivity contribution in [3.05, 3.63) is 35.4 Å². The summed E-state index contributed by atoms with van der Waals surface area (Å²) in [6, 6.07) is 3.45. The maximum Gasteiger partial charge on any atom is 0.191 e. The molecule has 0 aromatic heterocycles. The average Bonchev–Trinajstić information content (AvgIpc) is 2.53. The predicted molar refractivity (Wildman–Crippen MR) is 105 cm³/mol. The minimum Gasteiger partial charge on any atom is -0.357 e. The summed E-state index contributed by atoms with van der Waals surface area (Å²) in [5.41, 5.74) is 0.264. The number of hydrogen-bond donors (Lipinski definition) is 2. The van der Waals surface area contributed by atoms with E-state index in [9.17, 15) is 8.78 Å². The Labute approximate surface area is 160 Å². The van der Waals surface area contributed by atoms with Crippen LogP contribution in [-0.4, -0.2) is 44.1 Å². The lowest BCUT2D eigenvalue weighted by Crippen LogP contribution is -2.43. The quantitative estimate of drug-likeness (QED) is 0.410. The van der Waals surface area contributed by atoms with Crippen molar-refractivity contribution in [2.75, 3.05) is 33.2 Å². The van der Waals surface area contributed by atoms with E-state index in [0.717, 1.165) is 38.3 Å². The summed E-state index contributed by atoms with van der Waals surface area (Å²) in [6.07, 6.45) is 2.42. The summed E-state index contributed by atoms with van der Waals surface area (Å²) < 4.78 is 26.8. The van der Waals surface area contributed by atoms with Crippen LogP contribution in [0.1, 0.15) is 25.3 Å². The van der Waals surface area contributed by atoms with Crippen LogP contribution in [0.5, 0.6) is 0 Å². The summed E-state index contributed by atoms with van der Waals surface area (Å²) in [5, 5.41) is 6.46. The molecule has 0 radical (unpaired) electrons. The van der Waals surface area contributed by atoms with Gasteiger partial charge in [-0.05, 0) is 57.5 Å². The molecule has 4 nitrogen and oxygen atoms in total. The third-order valence-electron chi connectivity index (χ3n) is 4.04. The molecule has 136 valence electrons. The molecule has 24 heavy (non-hydrogen) atoms. The maximum absolute atomic E-state index is 13.6. The van der Waals surface area contributed by atoms with E-state index in [0.29, 0.717) is 11.9 Å². The van der Waals surface area contributed by atoms with E-state index in [2.05, 4.69) is 27.6 Å². The van der Waals surface area contributed by atoms with Gasteiger partial charge in [0.05, 0.1) is 6.54 Å². The van der Waals surface area contributed by atoms with Crippen LogP contribution < -0.4 is 10.6 Å². The van der Waals surface area contributed by atoms with E-state index in [1.54, 1.807) is 0 Å². The molecule has 1 fully saturated rings. The summed E-state index contributed by atoms with van der Waals surface area (Å²) >= 11 is 0. The minimum absolute atomic E-state index is 0. The monoisotopic (exact) mass is 452 g/mol. The van der Waals surface area contributed by atoms with E-state index >= 15 is 0 Å². The van der Waals surface area contributed by atoms with Crippen LogP contribution in [-0.2, 0) is 6.54 Å². The van der Waals surface area contributed by atoms with Crippen LogP contribution in [0.4, 0.5) is 8.78 Å². The number of rotatable bonds is 5. The SMILES string of the molecule is CCNC(=NCc1cc(F)ccc1F)NCC1CCCN(C)C1.I. The lowest BCUT2D eigenvalue weighted by Gasteiger charge is -2.30. The molecule has 7 heteroatoms. The third-order valence-corrected chi connectivity index (χ3v) is 4.04. The van der Waals surface area contributed by atoms with Crippen LogP contribution >= 0.6 is 24.0 Å². The van der Waals surface area contributed by atoms with Crippen molar-refractivity contribution >= 4 is 29.9 Å². The summed E-state index contributed by atoms with van der Waals surface area (Å²) in [5.74, 6) is 0.354. The first kappa shape index (κ1) is 21.1. The van der Waals surface area contributed by atoms with Gasteiger partial charge in [-0.2, -0.15) is 0 Å². The molecule has 1 aliphatic rings. The molecule has 1 aromatic rings. The van der Waals surface area contributed by atoms with E-state index in [1.807, 2.05) is 6.92 Å². The summed E-state index contributed by atoms with van der Waals surface area (Å²) in [4.78, 5) is 6.70. The van der Waals surface area contributed by atoms with E-state index < -0.39 is 11.6 Å². The molecule has 2 rings (SSSR count). The lowest BCUT2D eigenvalue weighted by atomic mass is 9.99. The van der Waals surface area contributed by atoms with E-state index in [-0.39, 0.29) is 36.1 Å². The molecular formula is C17H27F2IN4. The van der Waals surface area contributed by atoms with Crippen molar-refractivity contribution in [3.63, 3.8) is 0 Å². The molecule has 0 bridgehead atoms. The molecule has 1 heterocycles. The van der Waals surface area contributed by atoms with Crippen molar-refractivity contribution < 1.29 is 8.78 Å². The predicted octanol–water partition coefficient (Wildman–Crippen LogP) is 2.98. The van der Waals surface area contributed by atoms with Crippen LogP contribution in [0.2, 0.25) is 0 Å². The fourth-order valence-corrected chi connectivity index (χ4v) is 2.85. The van der Waals surface area contributed by atoms with Gasteiger partial charge in [-0.3, -0.25) is 0 Å². The topological polar surface area (TPSA) is 39.7 Å². The summed E-state index contributed by atoms with van der Waals surface area (Å²) in [7, 11) is 2.14. The molecular weight excluding hydrogens is 425 g/mol. The van der Waals surface area contributed by atoms with Gasteiger partial charge >= 0.3 is 0 Å². The van der Waals surface area contributed by atoms with Crippen molar-refractivity contribution in [2.24, 2.45) is 10.9 Å². The van der Waals surface area contributed by atoms with Gasteiger partial charge < -0.3 is 15.5 Å². The number of piperidine rings is 1. The van der Waals surface area contributed by atoms with Gasteiger partial charge in [0, 0.05) is 25.2 Å². The number of halogens is 3. The van der Waals surface area contributed by atoms with Crippen LogP contribution in [0, 0.1) is 17.6 Å². The zero-order valence-corrected chi connectivity index (χ0v) is 16.6. The number of nitrogens with one attached hydrogen (secondary N) is 2. The Kier molecular flexibility index (Phi) is 9.50. The first-order valence-electron chi connectivity index (χ1n) is 8.23. The second kappa shape index (κ2) is 10.8. The van der Waals surface area contributed by atoms with Gasteiger partial charge in [0.2, 0.25) is 0 Å². The van der Waals surface area contributed by atoms with E-state index in [4.69, 9.17) is 0 Å². The zero-order valence-electron chi connectivity index (χ0n) is 14.3. The van der Waals surface area contributed by atoms with Crippen molar-refractivity contribution in [2.45, 2.75) is 26.3 Å². The molecule has 1 aromatic carbocycles. The van der Waals surface area contributed by atoms with Gasteiger partial charge in [0.1, 0.15) is 11.6 Å². The van der Waals surface area contributed by atoms with Gasteiger partial charge in [-0.25, -0.2) is 13.8 Å². The number of benzene rings is 1. The highest BCUT2D eigenvalue weighted by molar-refractivity contribution is 14.0. The molecule has 1 unspecified atom stereocenters. The van der Waals surface area contributed by atoms with Gasteiger partial charge in [-0.1, -0.05) is 0 Å². The number of aliphatic imine (C=N–C) groups is 1. The Morgan fingerprint density at radius 1 is 1.33 bits per heavy atom. The highest BCUT2D eigenvalue weighted by Gasteiger charge is 2.17. The Bertz CT molecular complexity index is 539. The van der Waals surface area contributed by atoms with Crippen LogP contribution in [0.3, 0.4) is 0 Å².